The van der Waals surface area contributed by atoms with Gasteiger partial charge in [0.25, 0.3) is 0 Å². The maximum atomic E-state index is 6.39. The standard InChI is InChI=1S/C22H22ClN3S/c1-16-7-5-8-17(2)21(16)25-22(27)26(14-18-9-6-12-24-13-18)15-19-10-3-4-11-20(19)23/h3-13H,14-15H2,1-2H3,(H,25,27)/p+1. The summed E-state index contributed by atoms with van der Waals surface area (Å²) in [6.45, 7) is 5.48. The Bertz CT molecular complexity index is 908. The zero-order valence-corrected chi connectivity index (χ0v) is 17.1. The molecule has 1 aromatic heterocycles. The normalized spacial score (nSPS) is 10.5. The summed E-state index contributed by atoms with van der Waals surface area (Å²) in [7, 11) is 0. The van der Waals surface area contributed by atoms with Gasteiger partial charge in [-0.3, -0.25) is 0 Å². The fraction of sp³-hybridized carbons (Fsp3) is 0.182. The molecule has 0 saturated carbocycles. The quantitative estimate of drug-likeness (QED) is 0.603. The molecule has 0 atom stereocenters. The molecule has 5 heteroatoms. The molecule has 3 nitrogen and oxygen atoms in total. The van der Waals surface area contributed by atoms with Crippen LogP contribution in [0, 0.1) is 13.8 Å². The van der Waals surface area contributed by atoms with Crippen LogP contribution in [0.2, 0.25) is 5.02 Å². The van der Waals surface area contributed by atoms with Gasteiger partial charge in [0.1, 0.15) is 0 Å². The highest BCUT2D eigenvalue weighted by atomic mass is 35.5. The number of hydrogen-bond acceptors (Lipinski definition) is 1. The van der Waals surface area contributed by atoms with Crippen molar-refractivity contribution >= 4 is 34.6 Å². The van der Waals surface area contributed by atoms with Crippen LogP contribution in [-0.4, -0.2) is 10.0 Å². The van der Waals surface area contributed by atoms with Crippen LogP contribution in [0.25, 0.3) is 0 Å². The van der Waals surface area contributed by atoms with Crippen molar-refractivity contribution in [3.8, 4) is 0 Å². The van der Waals surface area contributed by atoms with E-state index in [9.17, 15) is 0 Å². The molecule has 0 aliphatic rings. The molecule has 0 unspecified atom stereocenters. The largest absolute Gasteiger partial charge is 0.340 e. The van der Waals surface area contributed by atoms with Crippen molar-refractivity contribution in [2.45, 2.75) is 26.9 Å². The number of hydrogen-bond donors (Lipinski definition) is 1. The number of thiocarbonyl (C=S) groups is 1. The molecule has 0 aliphatic heterocycles. The van der Waals surface area contributed by atoms with Crippen LogP contribution in [0.1, 0.15) is 22.3 Å². The number of halogens is 1. The van der Waals surface area contributed by atoms with Gasteiger partial charge in [-0.1, -0.05) is 48.0 Å². The molecule has 27 heavy (non-hydrogen) atoms. The first-order valence-electron chi connectivity index (χ1n) is 8.85. The van der Waals surface area contributed by atoms with Crippen LogP contribution >= 0.6 is 23.8 Å². The molecule has 3 aromatic rings. The lowest BCUT2D eigenvalue weighted by atomic mass is 10.1. The Kier molecular flexibility index (Phi) is 6.43. The van der Waals surface area contributed by atoms with E-state index in [0.717, 1.165) is 21.8 Å². The highest BCUT2D eigenvalue weighted by Crippen LogP contribution is 2.22. The van der Waals surface area contributed by atoms with E-state index in [1.54, 1.807) is 0 Å². The van der Waals surface area contributed by atoms with Crippen LogP contribution in [0.4, 0.5) is 5.69 Å². The highest BCUT2D eigenvalue weighted by Gasteiger charge is 2.15. The number of aromatic nitrogens is 1. The van der Waals surface area contributed by atoms with Crippen LogP contribution in [0.3, 0.4) is 0 Å². The minimum atomic E-state index is 0.630. The van der Waals surface area contributed by atoms with Gasteiger partial charge in [0, 0.05) is 28.9 Å². The van der Waals surface area contributed by atoms with Gasteiger partial charge in [-0.25, -0.2) is 4.98 Å². The van der Waals surface area contributed by atoms with Crippen molar-refractivity contribution in [3.63, 3.8) is 0 Å². The SMILES string of the molecule is Cc1cccc(C)c1NC(=S)N(Cc1ccc[nH+]c1)Cc1ccccc1Cl. The summed E-state index contributed by atoms with van der Waals surface area (Å²) in [6.07, 6.45) is 3.89. The number of nitrogens with one attached hydrogen (secondary N) is 2. The van der Waals surface area contributed by atoms with Gasteiger partial charge in [-0.2, -0.15) is 0 Å². The van der Waals surface area contributed by atoms with E-state index in [4.69, 9.17) is 23.8 Å². The molecule has 3 rings (SSSR count). The van der Waals surface area contributed by atoms with E-state index >= 15 is 0 Å². The maximum Gasteiger partial charge on any atom is 0.174 e. The van der Waals surface area contributed by atoms with Crippen molar-refractivity contribution in [1.82, 2.24) is 4.90 Å². The lowest BCUT2D eigenvalue weighted by Gasteiger charge is -2.27. The van der Waals surface area contributed by atoms with Gasteiger partial charge in [0.05, 0.1) is 6.54 Å². The van der Waals surface area contributed by atoms with Gasteiger partial charge in [0.2, 0.25) is 0 Å². The number of aromatic amines is 1. The summed E-state index contributed by atoms with van der Waals surface area (Å²) in [4.78, 5) is 5.26. The Morgan fingerprint density at radius 2 is 1.74 bits per heavy atom. The van der Waals surface area contributed by atoms with Crippen molar-refractivity contribution in [2.24, 2.45) is 0 Å². The fourth-order valence-electron chi connectivity index (χ4n) is 2.98. The van der Waals surface area contributed by atoms with E-state index in [0.29, 0.717) is 18.2 Å². The Morgan fingerprint density at radius 1 is 1.00 bits per heavy atom. The molecule has 0 saturated heterocycles. The molecule has 0 radical (unpaired) electrons. The second kappa shape index (κ2) is 8.98. The topological polar surface area (TPSA) is 29.4 Å². The zero-order chi connectivity index (χ0) is 19.2. The Balaban J connectivity index is 1.86. The molecule has 0 amide bonds. The number of aryl methyl sites for hydroxylation is 2. The number of pyridine rings is 1. The molecular formula is C22H23ClN3S+. The maximum absolute atomic E-state index is 6.39. The molecule has 138 valence electrons. The van der Waals surface area contributed by atoms with Gasteiger partial charge < -0.3 is 10.2 Å². The molecule has 0 fully saturated rings. The summed E-state index contributed by atoms with van der Waals surface area (Å²) in [5.41, 5.74) is 5.59. The lowest BCUT2D eigenvalue weighted by molar-refractivity contribution is -0.378. The number of para-hydroxylation sites is 1. The predicted octanol–water partition coefficient (Wildman–Crippen LogP) is 5.17. The first-order chi connectivity index (χ1) is 13.0. The number of benzene rings is 2. The van der Waals surface area contributed by atoms with E-state index < -0.39 is 0 Å². The Hall–Kier alpha value is -2.43. The number of rotatable bonds is 5. The predicted molar refractivity (Wildman–Crippen MR) is 116 cm³/mol. The fourth-order valence-corrected chi connectivity index (χ4v) is 3.41. The van der Waals surface area contributed by atoms with E-state index in [-0.39, 0.29) is 0 Å². The molecule has 2 aromatic carbocycles. The second-order valence-electron chi connectivity index (χ2n) is 6.56. The smallest absolute Gasteiger partial charge is 0.174 e. The average Bonchev–Trinajstić information content (AvgIpc) is 2.66. The third kappa shape index (κ3) is 5.06. The van der Waals surface area contributed by atoms with Gasteiger partial charge in [-0.05, 0) is 54.9 Å². The summed E-state index contributed by atoms with van der Waals surface area (Å²) in [5.74, 6) is 0. The van der Waals surface area contributed by atoms with Crippen LogP contribution in [-0.2, 0) is 13.1 Å². The molecule has 2 N–H and O–H groups in total. The zero-order valence-electron chi connectivity index (χ0n) is 15.5. The minimum absolute atomic E-state index is 0.630. The van der Waals surface area contributed by atoms with E-state index in [2.05, 4.69) is 53.3 Å². The summed E-state index contributed by atoms with van der Waals surface area (Å²) in [6, 6.07) is 18.2. The van der Waals surface area contributed by atoms with Gasteiger partial charge in [-0.15, -0.1) is 0 Å². The third-order valence-electron chi connectivity index (χ3n) is 4.46. The average molecular weight is 397 g/mol. The van der Waals surface area contributed by atoms with Crippen molar-refractivity contribution in [2.75, 3.05) is 5.32 Å². The summed E-state index contributed by atoms with van der Waals surface area (Å²) in [5, 5.41) is 4.87. The first-order valence-corrected chi connectivity index (χ1v) is 9.64. The van der Waals surface area contributed by atoms with Crippen molar-refractivity contribution < 1.29 is 4.98 Å². The number of anilines is 1. The van der Waals surface area contributed by atoms with Gasteiger partial charge in [0.15, 0.2) is 17.5 Å². The Labute approximate surface area is 171 Å². The van der Waals surface area contributed by atoms with Crippen LogP contribution in [0.15, 0.2) is 67.0 Å². The second-order valence-corrected chi connectivity index (χ2v) is 7.35. The Morgan fingerprint density at radius 3 is 2.41 bits per heavy atom. The van der Waals surface area contributed by atoms with Crippen molar-refractivity contribution in [3.05, 3.63) is 94.3 Å². The molecule has 0 bridgehead atoms. The summed E-state index contributed by atoms with van der Waals surface area (Å²) >= 11 is 12.2. The van der Waals surface area contributed by atoms with Crippen molar-refractivity contribution in [1.29, 1.82) is 0 Å². The lowest BCUT2D eigenvalue weighted by Crippen LogP contribution is -2.34. The van der Waals surface area contributed by atoms with Crippen LogP contribution in [0.5, 0.6) is 0 Å². The monoisotopic (exact) mass is 396 g/mol. The number of nitrogens with zero attached hydrogens (tertiary/aromatic N) is 1. The first kappa shape index (κ1) is 19.3. The molecule has 1 heterocycles. The van der Waals surface area contributed by atoms with E-state index in [1.807, 2.05) is 42.7 Å². The van der Waals surface area contributed by atoms with E-state index in [1.165, 1.54) is 11.1 Å². The van der Waals surface area contributed by atoms with Crippen LogP contribution < -0.4 is 10.3 Å². The summed E-state index contributed by atoms with van der Waals surface area (Å²) < 4.78 is 0. The molecule has 0 spiro atoms. The molecular weight excluding hydrogens is 374 g/mol. The molecule has 0 aliphatic carbocycles. The number of H-pyrrole nitrogens is 1. The highest BCUT2D eigenvalue weighted by molar-refractivity contribution is 7.80. The third-order valence-corrected chi connectivity index (χ3v) is 5.19. The van der Waals surface area contributed by atoms with Gasteiger partial charge >= 0.3 is 0 Å². The minimum Gasteiger partial charge on any atom is -0.340 e.